The number of nitrogens with zero attached hydrogens (tertiary/aromatic N) is 2. The Bertz CT molecular complexity index is 556. The first kappa shape index (κ1) is 15.0. The van der Waals surface area contributed by atoms with Crippen molar-refractivity contribution in [3.63, 3.8) is 0 Å². The number of rotatable bonds is 7. The van der Waals surface area contributed by atoms with Gasteiger partial charge in [-0.15, -0.1) is 0 Å². The van der Waals surface area contributed by atoms with Gasteiger partial charge in [0.15, 0.2) is 0 Å². The Morgan fingerprint density at radius 3 is 2.65 bits per heavy atom. The van der Waals surface area contributed by atoms with Crippen molar-refractivity contribution in [3.8, 4) is 0 Å². The van der Waals surface area contributed by atoms with Crippen LogP contribution in [-0.2, 0) is 0 Å². The van der Waals surface area contributed by atoms with Crippen LogP contribution in [0.15, 0.2) is 24.3 Å². The number of halogens is 1. The topological polar surface area (TPSA) is 37.8 Å². The van der Waals surface area contributed by atoms with E-state index in [0.717, 1.165) is 29.6 Å². The molecule has 0 bridgehead atoms. The van der Waals surface area contributed by atoms with Crippen LogP contribution in [0.1, 0.15) is 46.0 Å². The number of benzene rings is 1. The maximum absolute atomic E-state index is 6.03. The molecule has 0 aliphatic carbocycles. The van der Waals surface area contributed by atoms with Gasteiger partial charge in [-0.1, -0.05) is 45.2 Å². The van der Waals surface area contributed by atoms with E-state index in [0.29, 0.717) is 11.3 Å². The predicted octanol–water partition coefficient (Wildman–Crippen LogP) is 5.05. The van der Waals surface area contributed by atoms with Gasteiger partial charge in [0.2, 0.25) is 5.28 Å². The molecule has 1 aromatic heterocycles. The van der Waals surface area contributed by atoms with Gasteiger partial charge in [0.1, 0.15) is 5.82 Å². The van der Waals surface area contributed by atoms with Gasteiger partial charge in [-0.05, 0) is 36.6 Å². The fourth-order valence-electron chi connectivity index (χ4n) is 2.44. The molecule has 0 radical (unpaired) electrons. The molecule has 108 valence electrons. The molecule has 0 amide bonds. The Morgan fingerprint density at radius 2 is 1.90 bits per heavy atom. The first-order valence-electron chi connectivity index (χ1n) is 7.43. The fraction of sp³-hybridized carbons (Fsp3) is 0.500. The van der Waals surface area contributed by atoms with Crippen molar-refractivity contribution < 1.29 is 0 Å². The van der Waals surface area contributed by atoms with Crippen LogP contribution in [0, 0.1) is 0 Å². The molecule has 2 rings (SSSR count). The highest BCUT2D eigenvalue weighted by atomic mass is 35.5. The monoisotopic (exact) mass is 291 g/mol. The summed E-state index contributed by atoms with van der Waals surface area (Å²) in [5, 5.41) is 4.90. The lowest BCUT2D eigenvalue weighted by Gasteiger charge is -2.19. The van der Waals surface area contributed by atoms with E-state index in [2.05, 4.69) is 29.1 Å². The lowest BCUT2D eigenvalue weighted by molar-refractivity contribution is 0.563. The number of aromatic nitrogens is 2. The van der Waals surface area contributed by atoms with Crippen molar-refractivity contribution >= 4 is 28.3 Å². The number of para-hydroxylation sites is 1. The molecule has 1 heterocycles. The van der Waals surface area contributed by atoms with Crippen LogP contribution in [-0.4, -0.2) is 16.0 Å². The highest BCUT2D eigenvalue weighted by Gasteiger charge is 2.11. The smallest absolute Gasteiger partial charge is 0.224 e. The Kier molecular flexibility index (Phi) is 5.60. The maximum Gasteiger partial charge on any atom is 0.224 e. The zero-order chi connectivity index (χ0) is 14.4. The zero-order valence-corrected chi connectivity index (χ0v) is 13.0. The third-order valence-corrected chi connectivity index (χ3v) is 3.63. The minimum absolute atomic E-state index is 0.303. The Morgan fingerprint density at radius 1 is 1.10 bits per heavy atom. The first-order chi connectivity index (χ1) is 9.74. The van der Waals surface area contributed by atoms with E-state index in [4.69, 9.17) is 11.6 Å². The molecule has 1 N–H and O–H groups in total. The summed E-state index contributed by atoms with van der Waals surface area (Å²) in [6, 6.07) is 8.43. The minimum atomic E-state index is 0.303. The quantitative estimate of drug-likeness (QED) is 0.725. The van der Waals surface area contributed by atoms with Crippen molar-refractivity contribution in [3.05, 3.63) is 29.5 Å². The molecule has 1 unspecified atom stereocenters. The second-order valence-corrected chi connectivity index (χ2v) is 5.47. The number of anilines is 1. The third-order valence-electron chi connectivity index (χ3n) is 3.46. The molecule has 3 nitrogen and oxygen atoms in total. The molecule has 0 saturated carbocycles. The summed E-state index contributed by atoms with van der Waals surface area (Å²) >= 11 is 6.03. The van der Waals surface area contributed by atoms with Crippen LogP contribution < -0.4 is 5.32 Å². The summed E-state index contributed by atoms with van der Waals surface area (Å²) in [4.78, 5) is 8.64. The van der Waals surface area contributed by atoms with Crippen LogP contribution >= 0.6 is 11.6 Å². The summed E-state index contributed by atoms with van der Waals surface area (Å²) in [5.74, 6) is 0.857. The van der Waals surface area contributed by atoms with Crippen molar-refractivity contribution in [2.45, 2.75) is 52.0 Å². The lowest BCUT2D eigenvalue weighted by atomic mass is 10.0. The molecule has 0 aliphatic heterocycles. The van der Waals surface area contributed by atoms with Gasteiger partial charge in [0.05, 0.1) is 5.52 Å². The summed E-state index contributed by atoms with van der Waals surface area (Å²) < 4.78 is 0. The van der Waals surface area contributed by atoms with Gasteiger partial charge >= 0.3 is 0 Å². The lowest BCUT2D eigenvalue weighted by Crippen LogP contribution is -2.20. The molecule has 4 heteroatoms. The van der Waals surface area contributed by atoms with Crippen LogP contribution in [0.4, 0.5) is 5.82 Å². The van der Waals surface area contributed by atoms with E-state index in [1.165, 1.54) is 19.3 Å². The summed E-state index contributed by atoms with van der Waals surface area (Å²) in [5.41, 5.74) is 0.890. The first-order valence-corrected chi connectivity index (χ1v) is 7.81. The maximum atomic E-state index is 6.03. The molecule has 20 heavy (non-hydrogen) atoms. The molecule has 0 fully saturated rings. The Balaban J connectivity index is 2.26. The standard InChI is InChI=1S/C16H22ClN3/c1-3-5-9-12(8-4-2)18-15-13-10-6-7-11-14(13)19-16(17)20-15/h6-7,10-12H,3-5,8-9H2,1-2H3,(H,18,19,20). The molecule has 0 saturated heterocycles. The molecular weight excluding hydrogens is 270 g/mol. The normalized spacial score (nSPS) is 12.6. The summed E-state index contributed by atoms with van der Waals surface area (Å²) in [7, 11) is 0. The van der Waals surface area contributed by atoms with E-state index < -0.39 is 0 Å². The minimum Gasteiger partial charge on any atom is -0.367 e. The van der Waals surface area contributed by atoms with Gasteiger partial charge in [-0.2, -0.15) is 0 Å². The second kappa shape index (κ2) is 7.44. The van der Waals surface area contributed by atoms with E-state index in [9.17, 15) is 0 Å². The van der Waals surface area contributed by atoms with Gasteiger partial charge in [0.25, 0.3) is 0 Å². The van der Waals surface area contributed by atoms with Crippen molar-refractivity contribution in [2.75, 3.05) is 5.32 Å². The van der Waals surface area contributed by atoms with Crippen molar-refractivity contribution in [2.24, 2.45) is 0 Å². The molecule has 2 aromatic rings. The zero-order valence-electron chi connectivity index (χ0n) is 12.2. The van der Waals surface area contributed by atoms with Gasteiger partial charge in [-0.3, -0.25) is 0 Å². The van der Waals surface area contributed by atoms with E-state index in [-0.39, 0.29) is 0 Å². The van der Waals surface area contributed by atoms with E-state index in [1.807, 2.05) is 24.3 Å². The average Bonchev–Trinajstić information content (AvgIpc) is 2.44. The van der Waals surface area contributed by atoms with Crippen molar-refractivity contribution in [1.29, 1.82) is 0 Å². The predicted molar refractivity (Wildman–Crippen MR) is 86.4 cm³/mol. The van der Waals surface area contributed by atoms with Crippen LogP contribution in [0.2, 0.25) is 5.28 Å². The molecule has 1 atom stereocenters. The van der Waals surface area contributed by atoms with E-state index in [1.54, 1.807) is 0 Å². The Hall–Kier alpha value is -1.35. The van der Waals surface area contributed by atoms with E-state index >= 15 is 0 Å². The highest BCUT2D eigenvalue weighted by molar-refractivity contribution is 6.28. The van der Waals surface area contributed by atoms with Gasteiger partial charge in [-0.25, -0.2) is 9.97 Å². The molecule has 1 aromatic carbocycles. The SMILES string of the molecule is CCCCC(CCC)Nc1nc(Cl)nc2ccccc12. The molecular formula is C16H22ClN3. The van der Waals surface area contributed by atoms with Crippen LogP contribution in [0.5, 0.6) is 0 Å². The number of hydrogen-bond acceptors (Lipinski definition) is 3. The van der Waals surface area contributed by atoms with Crippen molar-refractivity contribution in [1.82, 2.24) is 9.97 Å². The van der Waals surface area contributed by atoms with Crippen LogP contribution in [0.25, 0.3) is 10.9 Å². The highest BCUT2D eigenvalue weighted by Crippen LogP contribution is 2.24. The average molecular weight is 292 g/mol. The largest absolute Gasteiger partial charge is 0.367 e. The summed E-state index contributed by atoms with van der Waals surface area (Å²) in [6.07, 6.45) is 5.93. The Labute approximate surface area is 125 Å². The third kappa shape index (κ3) is 3.83. The fourth-order valence-corrected chi connectivity index (χ4v) is 2.61. The molecule has 0 spiro atoms. The number of fused-ring (bicyclic) bond motifs is 1. The number of hydrogen-bond donors (Lipinski definition) is 1. The second-order valence-electron chi connectivity index (χ2n) is 5.13. The number of nitrogens with one attached hydrogen (secondary N) is 1. The molecule has 0 aliphatic rings. The van der Waals surface area contributed by atoms with Crippen LogP contribution in [0.3, 0.4) is 0 Å². The van der Waals surface area contributed by atoms with Gasteiger partial charge < -0.3 is 5.32 Å². The number of unbranched alkanes of at least 4 members (excludes halogenated alkanes) is 1. The van der Waals surface area contributed by atoms with Gasteiger partial charge in [0, 0.05) is 11.4 Å². The summed E-state index contributed by atoms with van der Waals surface area (Å²) in [6.45, 7) is 4.44.